The largest absolute Gasteiger partial charge is 0.463 e. The Balaban J connectivity index is 2.69. The number of halogens is 1. The first kappa shape index (κ1) is 11.5. The third-order valence-electron chi connectivity index (χ3n) is 1.93. The van der Waals surface area contributed by atoms with Crippen LogP contribution in [0.4, 0.5) is 0 Å². The molecule has 14 heavy (non-hydrogen) atoms. The van der Waals surface area contributed by atoms with Crippen molar-refractivity contribution in [3.8, 4) is 5.75 Å². The van der Waals surface area contributed by atoms with Crippen molar-refractivity contribution in [3.63, 3.8) is 0 Å². The molecule has 78 valence electrons. The fraction of sp³-hybridized carbons (Fsp3) is 0.455. The molecule has 0 saturated heterocycles. The minimum absolute atomic E-state index is 0.573. The first-order chi connectivity index (χ1) is 6.57. The molecule has 0 fully saturated rings. The maximum absolute atomic E-state index is 5.61. The van der Waals surface area contributed by atoms with Crippen molar-refractivity contribution in [1.82, 2.24) is 0 Å². The molecule has 1 aromatic rings. The Labute approximate surface area is 93.4 Å². The highest BCUT2D eigenvalue weighted by Gasteiger charge is 2.17. The normalized spacial score (nSPS) is 11.4. The molecular formula is C11H15BrO2. The molecule has 0 atom stereocenters. The third kappa shape index (κ3) is 3.31. The van der Waals surface area contributed by atoms with Crippen LogP contribution in [0, 0.1) is 0 Å². The molecule has 0 heterocycles. The molecule has 0 unspecified atom stereocenters. The molecule has 0 aliphatic carbocycles. The van der Waals surface area contributed by atoms with Crippen molar-refractivity contribution in [1.29, 1.82) is 0 Å². The molecule has 0 spiro atoms. The van der Waals surface area contributed by atoms with Gasteiger partial charge in [0.15, 0.2) is 0 Å². The lowest BCUT2D eigenvalue weighted by Gasteiger charge is -2.24. The van der Waals surface area contributed by atoms with Gasteiger partial charge in [-0.05, 0) is 17.7 Å². The summed E-state index contributed by atoms with van der Waals surface area (Å²) >= 11 is 3.39. The fourth-order valence-electron chi connectivity index (χ4n) is 0.972. The van der Waals surface area contributed by atoms with E-state index in [9.17, 15) is 0 Å². The van der Waals surface area contributed by atoms with E-state index in [2.05, 4.69) is 15.9 Å². The number of ether oxygens (including phenoxy) is 2. The van der Waals surface area contributed by atoms with E-state index in [4.69, 9.17) is 9.47 Å². The SMILES string of the molecule is COC(C)(C)Oc1ccc(CBr)cc1. The summed E-state index contributed by atoms with van der Waals surface area (Å²) in [5, 5.41) is 0.862. The van der Waals surface area contributed by atoms with Gasteiger partial charge in [-0.1, -0.05) is 28.1 Å². The maximum Gasteiger partial charge on any atom is 0.204 e. The first-order valence-electron chi connectivity index (χ1n) is 4.46. The Bertz CT molecular complexity index is 280. The van der Waals surface area contributed by atoms with Crippen molar-refractivity contribution in [2.24, 2.45) is 0 Å². The van der Waals surface area contributed by atoms with E-state index >= 15 is 0 Å². The van der Waals surface area contributed by atoms with Gasteiger partial charge in [-0.25, -0.2) is 0 Å². The highest BCUT2D eigenvalue weighted by Crippen LogP contribution is 2.19. The average Bonchev–Trinajstić information content (AvgIpc) is 2.19. The van der Waals surface area contributed by atoms with E-state index in [-0.39, 0.29) is 0 Å². The molecule has 0 amide bonds. The molecular weight excluding hydrogens is 244 g/mol. The van der Waals surface area contributed by atoms with Gasteiger partial charge in [0.05, 0.1) is 0 Å². The zero-order valence-corrected chi connectivity index (χ0v) is 10.3. The second-order valence-electron chi connectivity index (χ2n) is 3.48. The maximum atomic E-state index is 5.61. The number of rotatable bonds is 4. The first-order valence-corrected chi connectivity index (χ1v) is 5.58. The molecule has 0 aliphatic heterocycles. The summed E-state index contributed by atoms with van der Waals surface area (Å²) in [6, 6.07) is 7.93. The lowest BCUT2D eigenvalue weighted by molar-refractivity contribution is -0.134. The Morgan fingerprint density at radius 3 is 2.21 bits per heavy atom. The van der Waals surface area contributed by atoms with Gasteiger partial charge in [0.1, 0.15) is 5.75 Å². The van der Waals surface area contributed by atoms with Crippen LogP contribution >= 0.6 is 15.9 Å². The Morgan fingerprint density at radius 1 is 1.21 bits per heavy atom. The number of hydrogen-bond acceptors (Lipinski definition) is 2. The summed E-state index contributed by atoms with van der Waals surface area (Å²) in [6.07, 6.45) is 0. The summed E-state index contributed by atoms with van der Waals surface area (Å²) in [4.78, 5) is 0. The summed E-state index contributed by atoms with van der Waals surface area (Å²) in [5.41, 5.74) is 1.23. The van der Waals surface area contributed by atoms with E-state index in [1.165, 1.54) is 5.56 Å². The van der Waals surface area contributed by atoms with Gasteiger partial charge >= 0.3 is 0 Å². The van der Waals surface area contributed by atoms with Crippen LogP contribution in [0.15, 0.2) is 24.3 Å². The van der Waals surface area contributed by atoms with Gasteiger partial charge in [-0.3, -0.25) is 0 Å². The Kier molecular flexibility index (Phi) is 3.96. The molecule has 0 radical (unpaired) electrons. The van der Waals surface area contributed by atoms with Crippen molar-refractivity contribution >= 4 is 15.9 Å². The average molecular weight is 259 g/mol. The standard InChI is InChI=1S/C11H15BrO2/c1-11(2,13-3)14-10-6-4-9(8-12)5-7-10/h4-7H,8H2,1-3H3. The lowest BCUT2D eigenvalue weighted by Crippen LogP contribution is -2.30. The van der Waals surface area contributed by atoms with Gasteiger partial charge in [-0.15, -0.1) is 0 Å². The van der Waals surface area contributed by atoms with Crippen LogP contribution in [0.25, 0.3) is 0 Å². The van der Waals surface area contributed by atoms with Crippen molar-refractivity contribution in [2.45, 2.75) is 25.0 Å². The van der Waals surface area contributed by atoms with E-state index in [1.54, 1.807) is 7.11 Å². The number of alkyl halides is 1. The van der Waals surface area contributed by atoms with Gasteiger partial charge in [0.2, 0.25) is 5.79 Å². The summed E-state index contributed by atoms with van der Waals surface area (Å²) in [5.74, 6) is 0.247. The van der Waals surface area contributed by atoms with Gasteiger partial charge < -0.3 is 9.47 Å². The molecule has 1 rings (SSSR count). The minimum Gasteiger partial charge on any atom is -0.463 e. The number of hydrogen-bond donors (Lipinski definition) is 0. The van der Waals surface area contributed by atoms with E-state index in [0.29, 0.717) is 0 Å². The summed E-state index contributed by atoms with van der Waals surface area (Å²) in [6.45, 7) is 3.76. The third-order valence-corrected chi connectivity index (χ3v) is 2.58. The van der Waals surface area contributed by atoms with Gasteiger partial charge in [0.25, 0.3) is 0 Å². The number of methoxy groups -OCH3 is 1. The zero-order valence-electron chi connectivity index (χ0n) is 8.71. The molecule has 0 aromatic heterocycles. The van der Waals surface area contributed by atoms with Crippen LogP contribution < -0.4 is 4.74 Å². The monoisotopic (exact) mass is 258 g/mol. The summed E-state index contributed by atoms with van der Waals surface area (Å²) < 4.78 is 10.8. The summed E-state index contributed by atoms with van der Waals surface area (Å²) in [7, 11) is 1.63. The van der Waals surface area contributed by atoms with Crippen molar-refractivity contribution in [2.75, 3.05) is 7.11 Å². The van der Waals surface area contributed by atoms with Crippen LogP contribution in [0.2, 0.25) is 0 Å². The molecule has 2 nitrogen and oxygen atoms in total. The van der Waals surface area contributed by atoms with Crippen LogP contribution in [-0.4, -0.2) is 12.9 Å². The Morgan fingerprint density at radius 2 is 1.79 bits per heavy atom. The van der Waals surface area contributed by atoms with Gasteiger partial charge in [-0.2, -0.15) is 0 Å². The highest BCUT2D eigenvalue weighted by atomic mass is 79.9. The zero-order chi connectivity index (χ0) is 10.6. The second kappa shape index (κ2) is 4.80. The molecule has 0 saturated carbocycles. The molecule has 0 N–H and O–H groups in total. The minimum atomic E-state index is -0.573. The predicted molar refractivity (Wildman–Crippen MR) is 60.8 cm³/mol. The smallest absolute Gasteiger partial charge is 0.204 e. The van der Waals surface area contributed by atoms with Crippen molar-refractivity contribution < 1.29 is 9.47 Å². The fourth-order valence-corrected chi connectivity index (χ4v) is 1.35. The number of benzene rings is 1. The van der Waals surface area contributed by atoms with E-state index in [1.807, 2.05) is 38.1 Å². The molecule has 3 heteroatoms. The topological polar surface area (TPSA) is 18.5 Å². The predicted octanol–water partition coefficient (Wildman–Crippen LogP) is 3.34. The Hall–Kier alpha value is -0.540. The van der Waals surface area contributed by atoms with Crippen LogP contribution in [0.1, 0.15) is 19.4 Å². The second-order valence-corrected chi connectivity index (χ2v) is 4.04. The van der Waals surface area contributed by atoms with E-state index < -0.39 is 5.79 Å². The highest BCUT2D eigenvalue weighted by molar-refractivity contribution is 9.08. The van der Waals surface area contributed by atoms with Crippen molar-refractivity contribution in [3.05, 3.63) is 29.8 Å². The van der Waals surface area contributed by atoms with Crippen LogP contribution in [-0.2, 0) is 10.1 Å². The lowest BCUT2D eigenvalue weighted by atomic mass is 10.2. The van der Waals surface area contributed by atoms with Crippen LogP contribution in [0.3, 0.4) is 0 Å². The molecule has 1 aromatic carbocycles. The quantitative estimate of drug-likeness (QED) is 0.609. The van der Waals surface area contributed by atoms with Crippen LogP contribution in [0.5, 0.6) is 5.75 Å². The van der Waals surface area contributed by atoms with Gasteiger partial charge in [0, 0.05) is 26.3 Å². The molecule has 0 aliphatic rings. The molecule has 0 bridgehead atoms. The van der Waals surface area contributed by atoms with E-state index in [0.717, 1.165) is 11.1 Å².